The first-order chi connectivity index (χ1) is 37.1. The number of aromatic nitrogens is 12. The highest BCUT2D eigenvalue weighted by Crippen LogP contribution is 2.72. The average molecular weight is 1220 g/mol. The first-order valence-corrected chi connectivity index (χ1v) is 30.6. The SMILES string of the molecule is COC1[C@@H](OP(=O)(O)OC[C@H]2O[C@@H](n3cnc4c(=O)[nH]c(N)nc43)C(O)[C@H]2OC(C)C)[C@@H](CSP(=O)(O)OP(=O)(O)OP(=O)(O)OC[C@H]2O[C@@H]([n+]3cn(C)c4c(=O)[nH]c(N)nc43)C(O)[C@H]2OC)O[C@H]1n1cnc2c(N)ncnc21. The number of aliphatic hydroxyl groups is 2. The second-order valence-electron chi connectivity index (χ2n) is 17.8. The zero-order valence-corrected chi connectivity index (χ0v) is 45.9. The summed E-state index contributed by atoms with van der Waals surface area (Å²) in [6.07, 6.45) is -13.1. The molecule has 79 heavy (non-hydrogen) atoms. The van der Waals surface area contributed by atoms with Crippen LogP contribution in [-0.4, -0.2) is 178 Å². The lowest BCUT2D eigenvalue weighted by Gasteiger charge is -2.27. The number of anilines is 3. The average Bonchev–Trinajstić information content (AvgIpc) is 4.40. The van der Waals surface area contributed by atoms with Crippen molar-refractivity contribution < 1.29 is 103 Å². The Morgan fingerprint density at radius 2 is 1.35 bits per heavy atom. The minimum atomic E-state index is -6.07. The van der Waals surface area contributed by atoms with E-state index in [0.29, 0.717) is 0 Å². The van der Waals surface area contributed by atoms with Gasteiger partial charge in [0, 0.05) is 20.0 Å². The second kappa shape index (κ2) is 22.5. The molecule has 0 radical (unpaired) electrons. The Morgan fingerprint density at radius 3 is 2.04 bits per heavy atom. The van der Waals surface area contributed by atoms with Crippen LogP contribution in [0.25, 0.3) is 33.5 Å². The Kier molecular flexibility index (Phi) is 16.8. The molecular weight excluding hydrogens is 1170 g/mol. The number of imidazole rings is 3. The van der Waals surface area contributed by atoms with Crippen molar-refractivity contribution in [2.45, 2.75) is 93.6 Å². The van der Waals surface area contributed by atoms with E-state index in [4.69, 9.17) is 59.2 Å². The number of methoxy groups -OCH3 is 2. The van der Waals surface area contributed by atoms with Gasteiger partial charge in [0.1, 0.15) is 60.7 Å². The third-order valence-corrected chi connectivity index (χ3v) is 19.8. The van der Waals surface area contributed by atoms with E-state index in [-0.39, 0.29) is 62.6 Å². The Balaban J connectivity index is 0.882. The van der Waals surface area contributed by atoms with Crippen molar-refractivity contribution in [2.24, 2.45) is 7.05 Å². The summed E-state index contributed by atoms with van der Waals surface area (Å²) < 4.78 is 119. The molecule has 6 aromatic rings. The third-order valence-electron chi connectivity index (χ3n) is 12.2. The van der Waals surface area contributed by atoms with Crippen LogP contribution in [0.1, 0.15) is 32.5 Å². The van der Waals surface area contributed by atoms with Crippen LogP contribution in [0.5, 0.6) is 0 Å². The van der Waals surface area contributed by atoms with Crippen molar-refractivity contribution in [2.75, 3.05) is 50.4 Å². The standard InChI is InChI=1S/C36H51N15O23P4S/c1-13(2)68-23-15(70-32(21(23)53)50-11-43-18-28(50)44-35(38)46-30(18)54)7-66-75(56,57)72-24-16(71-34(25(24)65-5)49-10-42-17-26(37)40-9-41-27(17)49)8-79-78(62,63)74-77(60,61)73-76(58,59)67-6-14-22(64-4)20(52)33(69-14)51-12-48(3)19-29(51)45-36(39)47-31(19)55/h9-16,20-25,32-34,52-53H,6-8H2,1-5H3,(H11-,37,38,39,40,41,44,45,46,47,54,55,56,57,58,59,60,61,62,63)/p+1/t14-,15-,16-,20?,21?,22+,23+,24+,25?,32-,33-,34-/m1/s1. The van der Waals surface area contributed by atoms with Crippen LogP contribution in [0, 0.1) is 0 Å². The Hall–Kier alpha value is -4.76. The number of nitrogens with zero attached hydrogens (tertiary/aromatic N) is 10. The summed E-state index contributed by atoms with van der Waals surface area (Å²) in [5.41, 5.74) is 16.1. The fraction of sp³-hybridized carbons (Fsp3) is 0.583. The summed E-state index contributed by atoms with van der Waals surface area (Å²) in [7, 11) is -13.4. The van der Waals surface area contributed by atoms with Crippen LogP contribution in [-0.2, 0) is 75.9 Å². The molecule has 0 saturated carbocycles. The van der Waals surface area contributed by atoms with Crippen molar-refractivity contribution in [3.05, 3.63) is 46.0 Å². The van der Waals surface area contributed by atoms with Gasteiger partial charge in [-0.25, -0.2) is 42.8 Å². The molecule has 9 heterocycles. The molecule has 9 rings (SSSR count). The lowest BCUT2D eigenvalue weighted by atomic mass is 10.1. The van der Waals surface area contributed by atoms with E-state index < -0.39 is 140 Å². The molecule has 0 aliphatic carbocycles. The molecule has 6 aromatic heterocycles. The first kappa shape index (κ1) is 58.9. The van der Waals surface area contributed by atoms with Gasteiger partial charge < -0.3 is 75.4 Å². The van der Waals surface area contributed by atoms with Gasteiger partial charge in [-0.3, -0.25) is 46.8 Å². The molecule has 0 amide bonds. The van der Waals surface area contributed by atoms with Crippen LogP contribution in [0.2, 0.25) is 0 Å². The Bertz CT molecular complexity index is 3570. The summed E-state index contributed by atoms with van der Waals surface area (Å²) in [6.45, 7) is -4.05. The molecule has 434 valence electrons. The summed E-state index contributed by atoms with van der Waals surface area (Å²) >= 11 is -0.131. The van der Waals surface area contributed by atoms with E-state index in [2.05, 4.69) is 48.5 Å². The number of nitrogens with one attached hydrogen (secondary N) is 2. The van der Waals surface area contributed by atoms with Gasteiger partial charge in [0.15, 0.2) is 41.4 Å². The maximum atomic E-state index is 14.0. The number of rotatable bonds is 22. The quantitative estimate of drug-likeness (QED) is 0.0261. The van der Waals surface area contributed by atoms with Crippen LogP contribution in [0.4, 0.5) is 17.7 Å². The van der Waals surface area contributed by atoms with E-state index in [0.717, 1.165) is 26.9 Å². The number of nitrogen functional groups attached to an aromatic ring is 3. The number of aryl methyl sites for hydroxylation is 1. The summed E-state index contributed by atoms with van der Waals surface area (Å²) in [5, 5.41) is 22.6. The monoisotopic (exact) mass is 1220 g/mol. The number of H-pyrrole nitrogens is 2. The van der Waals surface area contributed by atoms with Crippen molar-refractivity contribution >= 4 is 92.9 Å². The first-order valence-electron chi connectivity index (χ1n) is 22.9. The van der Waals surface area contributed by atoms with Gasteiger partial charge in [0.25, 0.3) is 17.1 Å². The summed E-state index contributed by atoms with van der Waals surface area (Å²) in [5.74, 6) is -1.40. The lowest BCUT2D eigenvalue weighted by Crippen LogP contribution is -2.46. The maximum Gasteiger partial charge on any atom is 0.488 e. The lowest BCUT2D eigenvalue weighted by molar-refractivity contribution is -0.745. The number of phosphoric acid groups is 3. The summed E-state index contributed by atoms with van der Waals surface area (Å²) in [4.78, 5) is 97.5. The fourth-order valence-electron chi connectivity index (χ4n) is 9.04. The molecule has 38 nitrogen and oxygen atoms in total. The molecule has 3 aliphatic rings. The van der Waals surface area contributed by atoms with Crippen molar-refractivity contribution in [3.63, 3.8) is 0 Å². The molecule has 0 aromatic carbocycles. The largest absolute Gasteiger partial charge is 0.488 e. The molecule has 3 aliphatic heterocycles. The van der Waals surface area contributed by atoms with Crippen LogP contribution < -0.4 is 32.9 Å². The van der Waals surface area contributed by atoms with Gasteiger partial charge in [-0.05, 0) is 25.2 Å². The Labute approximate surface area is 445 Å². The topological polar surface area (TPSA) is 531 Å². The molecule has 16 atom stereocenters. The number of fused-ring (bicyclic) bond motifs is 3. The minimum Gasteiger partial charge on any atom is -0.386 e. The van der Waals surface area contributed by atoms with E-state index in [1.165, 1.54) is 38.0 Å². The fourth-order valence-corrected chi connectivity index (χ4v) is 16.0. The highest BCUT2D eigenvalue weighted by Gasteiger charge is 2.54. The zero-order valence-electron chi connectivity index (χ0n) is 41.5. The van der Waals surface area contributed by atoms with Gasteiger partial charge in [-0.2, -0.15) is 13.6 Å². The van der Waals surface area contributed by atoms with Crippen LogP contribution in [0.15, 0.2) is 34.9 Å². The van der Waals surface area contributed by atoms with E-state index in [9.17, 15) is 57.6 Å². The molecule has 14 N–H and O–H groups in total. The minimum absolute atomic E-state index is 0.0255. The zero-order chi connectivity index (χ0) is 57.3. The molecule has 3 fully saturated rings. The number of hydrogen-bond acceptors (Lipinski definition) is 29. The predicted molar refractivity (Wildman–Crippen MR) is 264 cm³/mol. The normalized spacial score (nSPS) is 29.6. The van der Waals surface area contributed by atoms with Crippen LogP contribution in [0.3, 0.4) is 0 Å². The van der Waals surface area contributed by atoms with Crippen molar-refractivity contribution in [1.29, 1.82) is 0 Å². The van der Waals surface area contributed by atoms with Crippen molar-refractivity contribution in [1.82, 2.24) is 53.6 Å². The summed E-state index contributed by atoms with van der Waals surface area (Å²) in [6, 6.07) is 0. The maximum absolute atomic E-state index is 14.0. The highest BCUT2D eigenvalue weighted by molar-refractivity contribution is 8.55. The number of nitrogens with two attached hydrogens (primary N) is 3. The third kappa shape index (κ3) is 12.2. The van der Waals surface area contributed by atoms with Crippen LogP contribution >= 0.6 is 41.6 Å². The number of phosphoric ester groups is 2. The smallest absolute Gasteiger partial charge is 0.386 e. The van der Waals surface area contributed by atoms with Gasteiger partial charge in [0.05, 0.1) is 45.1 Å². The van der Waals surface area contributed by atoms with Crippen molar-refractivity contribution in [3.8, 4) is 0 Å². The van der Waals surface area contributed by atoms with Gasteiger partial charge in [0.2, 0.25) is 17.7 Å². The van der Waals surface area contributed by atoms with Gasteiger partial charge >= 0.3 is 35.9 Å². The molecule has 7 unspecified atom stereocenters. The van der Waals surface area contributed by atoms with E-state index >= 15 is 0 Å². The molecule has 3 saturated heterocycles. The van der Waals surface area contributed by atoms with E-state index in [1.54, 1.807) is 13.8 Å². The number of aromatic amines is 2. The number of hydrogen-bond donors (Lipinski definition) is 11. The molecule has 0 bridgehead atoms. The Morgan fingerprint density at radius 1 is 0.734 bits per heavy atom. The van der Waals surface area contributed by atoms with Gasteiger partial charge in [-0.1, -0.05) is 4.98 Å². The number of ether oxygens (including phenoxy) is 6. The molecular formula is C36H52N15O23P4S+. The van der Waals surface area contributed by atoms with Gasteiger partial charge in [-0.15, -0.1) is 0 Å². The highest BCUT2D eigenvalue weighted by atomic mass is 32.7. The predicted octanol–water partition coefficient (Wildman–Crippen LogP) is -1.91. The van der Waals surface area contributed by atoms with E-state index in [1.807, 2.05) is 0 Å². The second-order valence-corrected chi connectivity index (χ2v) is 26.4. The number of aliphatic hydroxyl groups excluding tert-OH is 2. The molecule has 43 heteroatoms. The molecule has 0 spiro atoms.